The van der Waals surface area contributed by atoms with Crippen molar-refractivity contribution >= 4 is 0 Å². The van der Waals surface area contributed by atoms with E-state index in [1.165, 1.54) is 6.07 Å². The van der Waals surface area contributed by atoms with Crippen molar-refractivity contribution in [2.24, 2.45) is 0 Å². The van der Waals surface area contributed by atoms with Crippen molar-refractivity contribution in [1.29, 1.82) is 0 Å². The van der Waals surface area contributed by atoms with Crippen molar-refractivity contribution in [2.75, 3.05) is 0 Å². The smallest absolute Gasteiger partial charge is 0.126 e. The van der Waals surface area contributed by atoms with Crippen LogP contribution in [0.1, 0.15) is 29.7 Å². The molecule has 1 heterocycles. The van der Waals surface area contributed by atoms with Crippen LogP contribution in [0.3, 0.4) is 0 Å². The van der Waals surface area contributed by atoms with Gasteiger partial charge in [0.25, 0.3) is 0 Å². The zero-order valence-electron chi connectivity index (χ0n) is 11.2. The molecule has 0 fully saturated rings. The second-order valence-corrected chi connectivity index (χ2v) is 4.48. The van der Waals surface area contributed by atoms with E-state index < -0.39 is 0 Å². The Hall–Kier alpha value is -1.77. The van der Waals surface area contributed by atoms with Crippen molar-refractivity contribution in [1.82, 2.24) is 9.97 Å². The lowest BCUT2D eigenvalue weighted by atomic mass is 9.99. The van der Waals surface area contributed by atoms with Gasteiger partial charge in [-0.2, -0.15) is 0 Å². The predicted molar refractivity (Wildman–Crippen MR) is 71.0 cm³/mol. The lowest BCUT2D eigenvalue weighted by Crippen LogP contribution is -2.00. The second kappa shape index (κ2) is 4.84. The van der Waals surface area contributed by atoms with E-state index in [0.29, 0.717) is 6.42 Å². The van der Waals surface area contributed by atoms with Crippen LogP contribution in [0, 0.1) is 26.6 Å². The van der Waals surface area contributed by atoms with Gasteiger partial charge in [0.15, 0.2) is 0 Å². The van der Waals surface area contributed by atoms with E-state index in [-0.39, 0.29) is 5.82 Å². The molecule has 0 atom stereocenters. The highest BCUT2D eigenvalue weighted by Crippen LogP contribution is 2.27. The molecule has 1 aromatic heterocycles. The molecule has 2 aromatic rings. The Balaban J connectivity index is 2.62. The summed E-state index contributed by atoms with van der Waals surface area (Å²) in [5.41, 5.74) is 4.60. The van der Waals surface area contributed by atoms with E-state index in [1.54, 1.807) is 6.07 Å². The van der Waals surface area contributed by atoms with Crippen molar-refractivity contribution in [3.8, 4) is 11.1 Å². The fourth-order valence-corrected chi connectivity index (χ4v) is 2.30. The van der Waals surface area contributed by atoms with E-state index in [0.717, 1.165) is 33.9 Å². The van der Waals surface area contributed by atoms with E-state index in [2.05, 4.69) is 9.97 Å². The normalized spacial score (nSPS) is 10.7. The highest BCUT2D eigenvalue weighted by atomic mass is 19.1. The maximum atomic E-state index is 13.5. The van der Waals surface area contributed by atoms with E-state index in [1.807, 2.05) is 33.8 Å². The number of aromatic nitrogens is 2. The Labute approximate surface area is 107 Å². The average Bonchev–Trinajstić information content (AvgIpc) is 2.30. The van der Waals surface area contributed by atoms with Gasteiger partial charge in [0.1, 0.15) is 11.6 Å². The maximum Gasteiger partial charge on any atom is 0.126 e. The first-order chi connectivity index (χ1) is 8.52. The molecule has 2 nitrogen and oxygen atoms in total. The summed E-state index contributed by atoms with van der Waals surface area (Å²) in [4.78, 5) is 8.77. The van der Waals surface area contributed by atoms with Gasteiger partial charge in [-0.3, -0.25) is 0 Å². The molecule has 0 unspecified atom stereocenters. The lowest BCUT2D eigenvalue weighted by Gasteiger charge is -2.11. The molecule has 0 N–H and O–H groups in total. The molecular formula is C15H17FN2. The molecule has 0 aliphatic rings. The van der Waals surface area contributed by atoms with Gasteiger partial charge in [-0.15, -0.1) is 0 Å². The Morgan fingerprint density at radius 3 is 2.22 bits per heavy atom. The number of halogens is 1. The molecule has 3 heteroatoms. The monoisotopic (exact) mass is 244 g/mol. The number of rotatable bonds is 2. The van der Waals surface area contributed by atoms with Crippen molar-refractivity contribution in [3.05, 3.63) is 46.8 Å². The van der Waals surface area contributed by atoms with Crippen LogP contribution in [0.5, 0.6) is 0 Å². The molecule has 2 rings (SSSR count). The zero-order valence-corrected chi connectivity index (χ0v) is 11.2. The van der Waals surface area contributed by atoms with Gasteiger partial charge >= 0.3 is 0 Å². The minimum Gasteiger partial charge on any atom is -0.238 e. The van der Waals surface area contributed by atoms with Gasteiger partial charge in [0.2, 0.25) is 0 Å². The van der Waals surface area contributed by atoms with E-state index >= 15 is 0 Å². The third-order valence-corrected chi connectivity index (χ3v) is 3.10. The molecule has 0 radical (unpaired) electrons. The standard InChI is InChI=1S/C15H17FN2/c1-5-12-8-13(6-7-14(12)16)15-9(2)17-11(4)18-10(15)3/h6-8H,5H2,1-4H3. The molecule has 1 aromatic carbocycles. The Kier molecular flexibility index (Phi) is 3.41. The largest absolute Gasteiger partial charge is 0.238 e. The summed E-state index contributed by atoms with van der Waals surface area (Å²) < 4.78 is 13.5. The van der Waals surface area contributed by atoms with Gasteiger partial charge < -0.3 is 0 Å². The summed E-state index contributed by atoms with van der Waals surface area (Å²) in [5, 5.41) is 0. The first-order valence-electron chi connectivity index (χ1n) is 6.13. The number of aryl methyl sites for hydroxylation is 4. The van der Waals surface area contributed by atoms with Crippen LogP contribution in [0.2, 0.25) is 0 Å². The molecule has 18 heavy (non-hydrogen) atoms. The van der Waals surface area contributed by atoms with Crippen LogP contribution in [0.25, 0.3) is 11.1 Å². The molecular weight excluding hydrogens is 227 g/mol. The highest BCUT2D eigenvalue weighted by molar-refractivity contribution is 5.68. The quantitative estimate of drug-likeness (QED) is 0.803. The van der Waals surface area contributed by atoms with Gasteiger partial charge in [-0.25, -0.2) is 14.4 Å². The summed E-state index contributed by atoms with van der Waals surface area (Å²) in [6.45, 7) is 7.76. The van der Waals surface area contributed by atoms with Gasteiger partial charge in [0, 0.05) is 17.0 Å². The van der Waals surface area contributed by atoms with Crippen LogP contribution in [0.15, 0.2) is 18.2 Å². The summed E-state index contributed by atoms with van der Waals surface area (Å²) in [6.07, 6.45) is 0.685. The van der Waals surface area contributed by atoms with Gasteiger partial charge in [0.05, 0.1) is 0 Å². The molecule has 0 aliphatic carbocycles. The van der Waals surface area contributed by atoms with Crippen molar-refractivity contribution < 1.29 is 4.39 Å². The topological polar surface area (TPSA) is 25.8 Å². The molecule has 0 saturated heterocycles. The van der Waals surface area contributed by atoms with Crippen LogP contribution in [-0.4, -0.2) is 9.97 Å². The summed E-state index contributed by atoms with van der Waals surface area (Å²) in [6, 6.07) is 5.21. The predicted octanol–water partition coefficient (Wildman–Crippen LogP) is 3.77. The van der Waals surface area contributed by atoms with Crippen LogP contribution >= 0.6 is 0 Å². The molecule has 0 bridgehead atoms. The van der Waals surface area contributed by atoms with Crippen molar-refractivity contribution in [2.45, 2.75) is 34.1 Å². The van der Waals surface area contributed by atoms with E-state index in [9.17, 15) is 4.39 Å². The maximum absolute atomic E-state index is 13.5. The molecule has 0 amide bonds. The number of nitrogens with zero attached hydrogens (tertiary/aromatic N) is 2. The van der Waals surface area contributed by atoms with Crippen LogP contribution in [-0.2, 0) is 6.42 Å². The lowest BCUT2D eigenvalue weighted by molar-refractivity contribution is 0.612. The summed E-state index contributed by atoms with van der Waals surface area (Å²) >= 11 is 0. The first kappa shape index (κ1) is 12.7. The average molecular weight is 244 g/mol. The number of hydrogen-bond acceptors (Lipinski definition) is 2. The second-order valence-electron chi connectivity index (χ2n) is 4.48. The minimum absolute atomic E-state index is 0.149. The molecule has 94 valence electrons. The third-order valence-electron chi connectivity index (χ3n) is 3.10. The molecule has 0 aliphatic heterocycles. The van der Waals surface area contributed by atoms with Crippen LogP contribution < -0.4 is 0 Å². The first-order valence-corrected chi connectivity index (χ1v) is 6.13. The van der Waals surface area contributed by atoms with E-state index in [4.69, 9.17) is 0 Å². The molecule has 0 saturated carbocycles. The highest BCUT2D eigenvalue weighted by Gasteiger charge is 2.11. The Bertz CT molecular complexity index is 568. The van der Waals surface area contributed by atoms with Crippen molar-refractivity contribution in [3.63, 3.8) is 0 Å². The zero-order chi connectivity index (χ0) is 13.3. The minimum atomic E-state index is -0.149. The fraction of sp³-hybridized carbons (Fsp3) is 0.333. The molecule has 0 spiro atoms. The van der Waals surface area contributed by atoms with Crippen LogP contribution in [0.4, 0.5) is 4.39 Å². The SMILES string of the molecule is CCc1cc(-c2c(C)nc(C)nc2C)ccc1F. The summed E-state index contributed by atoms with van der Waals surface area (Å²) in [7, 11) is 0. The van der Waals surface area contributed by atoms with Gasteiger partial charge in [-0.05, 0) is 50.5 Å². The Morgan fingerprint density at radius 2 is 1.67 bits per heavy atom. The fourth-order valence-electron chi connectivity index (χ4n) is 2.30. The van der Waals surface area contributed by atoms with Gasteiger partial charge in [-0.1, -0.05) is 13.0 Å². The third kappa shape index (κ3) is 2.26. The number of benzene rings is 1. The number of hydrogen-bond donors (Lipinski definition) is 0. The summed E-state index contributed by atoms with van der Waals surface area (Å²) in [5.74, 6) is 0.621. The Morgan fingerprint density at radius 1 is 1.06 bits per heavy atom.